The molecule has 0 aliphatic heterocycles. The Morgan fingerprint density at radius 1 is 1.14 bits per heavy atom. The van der Waals surface area contributed by atoms with Gasteiger partial charge in [-0.1, -0.05) is 12.1 Å². The van der Waals surface area contributed by atoms with Gasteiger partial charge in [-0.25, -0.2) is 9.59 Å². The van der Waals surface area contributed by atoms with Crippen LogP contribution in [-0.2, 0) is 18.3 Å². The van der Waals surface area contributed by atoms with E-state index in [-0.39, 0.29) is 18.8 Å². The van der Waals surface area contributed by atoms with Crippen molar-refractivity contribution < 1.29 is 9.53 Å². The number of carbonyl (C=O) groups excluding carboxylic acids is 1. The van der Waals surface area contributed by atoms with Gasteiger partial charge in [0.1, 0.15) is 5.60 Å². The van der Waals surface area contributed by atoms with Crippen LogP contribution in [0.3, 0.4) is 0 Å². The number of rotatable bonds is 7. The van der Waals surface area contributed by atoms with Crippen LogP contribution in [0.1, 0.15) is 26.5 Å². The van der Waals surface area contributed by atoms with Crippen LogP contribution in [0.15, 0.2) is 53.7 Å². The van der Waals surface area contributed by atoms with E-state index in [0.29, 0.717) is 16.8 Å². The second kappa shape index (κ2) is 10.3. The van der Waals surface area contributed by atoms with Crippen LogP contribution in [0.5, 0.6) is 0 Å². The number of amides is 1. The fourth-order valence-electron chi connectivity index (χ4n) is 4.13. The second-order valence-electron chi connectivity index (χ2n) is 9.61. The number of allylic oxidation sites excluding steroid dienone is 1. The topological polar surface area (TPSA) is 127 Å². The number of alkyl carbamates (subject to hydrolysis) is 1. The first-order chi connectivity index (χ1) is 17.6. The van der Waals surface area contributed by atoms with Gasteiger partial charge in [0.25, 0.3) is 0 Å². The third-order valence-corrected chi connectivity index (χ3v) is 5.82. The molecule has 1 amide bonds. The molecule has 4 rings (SSSR count). The lowest BCUT2D eigenvalue weighted by Gasteiger charge is -2.19. The van der Waals surface area contributed by atoms with E-state index in [4.69, 9.17) is 10.1 Å². The van der Waals surface area contributed by atoms with E-state index in [1.165, 1.54) is 6.21 Å². The number of hydrogen-bond donors (Lipinski definition) is 3. The summed E-state index contributed by atoms with van der Waals surface area (Å²) in [5.41, 5.74) is 4.59. The largest absolute Gasteiger partial charge is 0.444 e. The first-order valence-corrected chi connectivity index (χ1v) is 11.9. The summed E-state index contributed by atoms with van der Waals surface area (Å²) in [6.07, 6.45) is 5.91. The Bertz CT molecular complexity index is 1560. The Morgan fingerprint density at radius 3 is 2.54 bits per heavy atom. The van der Waals surface area contributed by atoms with Crippen molar-refractivity contribution in [3.63, 3.8) is 0 Å². The van der Waals surface area contributed by atoms with Crippen LogP contribution in [0.2, 0.25) is 0 Å². The van der Waals surface area contributed by atoms with Gasteiger partial charge in [-0.05, 0) is 44.5 Å². The molecule has 192 valence electrons. The van der Waals surface area contributed by atoms with E-state index in [2.05, 4.69) is 20.6 Å². The van der Waals surface area contributed by atoms with Crippen LogP contribution >= 0.6 is 0 Å². The minimum absolute atomic E-state index is 0.192. The van der Waals surface area contributed by atoms with Crippen molar-refractivity contribution in [1.29, 1.82) is 5.41 Å². The summed E-state index contributed by atoms with van der Waals surface area (Å²) in [6.45, 7) is 5.91. The van der Waals surface area contributed by atoms with E-state index in [9.17, 15) is 9.59 Å². The van der Waals surface area contributed by atoms with Crippen LogP contribution < -0.4 is 16.3 Å². The maximum absolute atomic E-state index is 13.1. The van der Waals surface area contributed by atoms with Gasteiger partial charge in [0, 0.05) is 62.3 Å². The van der Waals surface area contributed by atoms with Crippen molar-refractivity contribution in [2.45, 2.75) is 32.9 Å². The molecule has 0 bridgehead atoms. The minimum Gasteiger partial charge on any atom is -0.444 e. The molecule has 10 heteroatoms. The van der Waals surface area contributed by atoms with Gasteiger partial charge in [-0.2, -0.15) is 0 Å². The molecule has 10 nitrogen and oxygen atoms in total. The van der Waals surface area contributed by atoms with Gasteiger partial charge in [-0.3, -0.25) is 19.1 Å². The number of nitrogens with one attached hydrogen (secondary N) is 3. The Kier molecular flexibility index (Phi) is 7.10. The van der Waals surface area contributed by atoms with Crippen LogP contribution in [0.4, 0.5) is 4.79 Å². The first-order valence-electron chi connectivity index (χ1n) is 11.9. The second-order valence-corrected chi connectivity index (χ2v) is 9.61. The highest BCUT2D eigenvalue weighted by Crippen LogP contribution is 2.28. The summed E-state index contributed by atoms with van der Waals surface area (Å²) in [4.78, 5) is 34.2. The average Bonchev–Trinajstić information content (AvgIpc) is 3.11. The molecular weight excluding hydrogens is 470 g/mol. The SMILES string of the molecule is CN/C=C(\C=N)c1ccc(-c2ccc3ncc4c(c3c2)n(CCNC(=O)OC(C)(C)C)c(=O)n4C)cn1. The van der Waals surface area contributed by atoms with Crippen LogP contribution in [-0.4, -0.2) is 50.6 Å². The number of fused-ring (bicyclic) bond motifs is 3. The zero-order valence-corrected chi connectivity index (χ0v) is 21.6. The molecule has 0 saturated heterocycles. The van der Waals surface area contributed by atoms with E-state index < -0.39 is 11.7 Å². The summed E-state index contributed by atoms with van der Waals surface area (Å²) in [5, 5.41) is 14.1. The molecule has 3 heterocycles. The van der Waals surface area contributed by atoms with Gasteiger partial charge in [0.05, 0.1) is 28.4 Å². The molecule has 0 spiro atoms. The molecular formula is C27H31N7O3. The highest BCUT2D eigenvalue weighted by Gasteiger charge is 2.18. The van der Waals surface area contributed by atoms with Crippen molar-refractivity contribution in [3.05, 3.63) is 65.1 Å². The zero-order valence-electron chi connectivity index (χ0n) is 21.6. The fourth-order valence-corrected chi connectivity index (χ4v) is 4.13. The Hall–Kier alpha value is -4.47. The highest BCUT2D eigenvalue weighted by atomic mass is 16.6. The Balaban J connectivity index is 1.72. The monoisotopic (exact) mass is 501 g/mol. The summed E-state index contributed by atoms with van der Waals surface area (Å²) in [6, 6.07) is 9.71. The number of imidazole rings is 1. The predicted molar refractivity (Wildman–Crippen MR) is 146 cm³/mol. The number of ether oxygens (including phenoxy) is 1. The summed E-state index contributed by atoms with van der Waals surface area (Å²) >= 11 is 0. The number of nitrogens with zero attached hydrogens (tertiary/aromatic N) is 4. The van der Waals surface area contributed by atoms with Gasteiger partial charge in [0.2, 0.25) is 0 Å². The molecule has 3 N–H and O–H groups in total. The van der Waals surface area contributed by atoms with Crippen molar-refractivity contribution >= 4 is 39.8 Å². The van der Waals surface area contributed by atoms with E-state index in [1.807, 2.05) is 30.3 Å². The number of benzene rings is 1. The van der Waals surface area contributed by atoms with E-state index in [0.717, 1.165) is 27.5 Å². The molecule has 0 atom stereocenters. The molecule has 0 aliphatic rings. The van der Waals surface area contributed by atoms with Gasteiger partial charge in [0.15, 0.2) is 0 Å². The lowest BCUT2D eigenvalue weighted by Crippen LogP contribution is -2.35. The van der Waals surface area contributed by atoms with Crippen molar-refractivity contribution in [2.24, 2.45) is 7.05 Å². The molecule has 1 aromatic carbocycles. The number of hydrogen-bond acceptors (Lipinski definition) is 7. The van der Waals surface area contributed by atoms with E-state index >= 15 is 0 Å². The Labute approximate surface area is 214 Å². The Morgan fingerprint density at radius 2 is 1.89 bits per heavy atom. The maximum atomic E-state index is 13.1. The highest BCUT2D eigenvalue weighted by molar-refractivity contribution is 6.07. The van der Waals surface area contributed by atoms with Crippen molar-refractivity contribution in [1.82, 2.24) is 29.7 Å². The summed E-state index contributed by atoms with van der Waals surface area (Å²) in [7, 11) is 3.49. The molecule has 4 aromatic rings. The van der Waals surface area contributed by atoms with Crippen LogP contribution in [0.25, 0.3) is 38.6 Å². The maximum Gasteiger partial charge on any atom is 0.407 e. The molecule has 0 fully saturated rings. The lowest BCUT2D eigenvalue weighted by atomic mass is 10.0. The normalized spacial score (nSPS) is 12.1. The van der Waals surface area contributed by atoms with Gasteiger partial charge in [-0.15, -0.1) is 0 Å². The average molecular weight is 502 g/mol. The molecule has 0 unspecified atom stereocenters. The fraction of sp³-hybridized carbons (Fsp3) is 0.296. The first kappa shape index (κ1) is 25.6. The van der Waals surface area contributed by atoms with Gasteiger partial charge >= 0.3 is 11.8 Å². The quantitative estimate of drug-likeness (QED) is 0.332. The standard InChI is InChI=1S/C27H31N7O3/c1-27(2,3)37-25(35)30-10-11-34-24-20-12-17(6-9-22(20)32-16-23(24)33(5)26(34)36)18-7-8-21(31-15-18)19(13-28)14-29-4/h6-9,12-16,28-29H,10-11H2,1-5H3,(H,30,35)/b19-14+,28-13?. The third kappa shape index (κ3) is 5.37. The molecule has 37 heavy (non-hydrogen) atoms. The molecule has 3 aromatic heterocycles. The van der Waals surface area contributed by atoms with Crippen molar-refractivity contribution in [2.75, 3.05) is 13.6 Å². The number of pyridine rings is 2. The van der Waals surface area contributed by atoms with E-state index in [1.54, 1.807) is 62.6 Å². The summed E-state index contributed by atoms with van der Waals surface area (Å²) in [5.74, 6) is 0. The molecule has 0 radical (unpaired) electrons. The number of aryl methyl sites for hydroxylation is 1. The zero-order chi connectivity index (χ0) is 26.7. The molecule has 0 saturated carbocycles. The van der Waals surface area contributed by atoms with Crippen LogP contribution in [0, 0.1) is 5.41 Å². The summed E-state index contributed by atoms with van der Waals surface area (Å²) < 4.78 is 8.51. The van der Waals surface area contributed by atoms with Gasteiger partial charge < -0.3 is 20.8 Å². The third-order valence-electron chi connectivity index (χ3n) is 5.82. The molecule has 0 aliphatic carbocycles. The van der Waals surface area contributed by atoms with Crippen molar-refractivity contribution in [3.8, 4) is 11.1 Å². The lowest BCUT2D eigenvalue weighted by molar-refractivity contribution is 0.0526. The number of carbonyl (C=O) groups is 1. The smallest absolute Gasteiger partial charge is 0.407 e. The number of aromatic nitrogens is 4. The predicted octanol–water partition coefficient (Wildman–Crippen LogP) is 3.68. The minimum atomic E-state index is -0.601.